The van der Waals surface area contributed by atoms with Crippen molar-refractivity contribution < 1.29 is 19.0 Å². The fraction of sp³-hybridized carbons (Fsp3) is 0.346. The molecule has 2 aromatic carbocycles. The maximum Gasteiger partial charge on any atom is 0.212 e. The van der Waals surface area contributed by atoms with E-state index >= 15 is 0 Å². The van der Waals surface area contributed by atoms with Gasteiger partial charge in [-0.3, -0.25) is 9.78 Å². The van der Waals surface area contributed by atoms with E-state index in [2.05, 4.69) is 25.6 Å². The third-order valence-electron chi connectivity index (χ3n) is 6.39. The van der Waals surface area contributed by atoms with E-state index in [1.165, 1.54) is 25.7 Å². The van der Waals surface area contributed by atoms with Crippen LogP contribution in [0, 0.1) is 0 Å². The Morgan fingerprint density at radius 1 is 0.971 bits per heavy atom. The van der Waals surface area contributed by atoms with Crippen molar-refractivity contribution in [2.75, 3.05) is 14.2 Å². The molecule has 0 bridgehead atoms. The Balaban J connectivity index is 1.55. The second-order valence-corrected chi connectivity index (χ2v) is 8.60. The highest BCUT2D eigenvalue weighted by Crippen LogP contribution is 2.37. The summed E-state index contributed by atoms with van der Waals surface area (Å²) in [5.41, 5.74) is 1.42. The van der Waals surface area contributed by atoms with Crippen molar-refractivity contribution in [1.29, 1.82) is 0 Å². The van der Waals surface area contributed by atoms with Crippen molar-refractivity contribution in [2.45, 2.75) is 44.6 Å². The lowest BCUT2D eigenvalue weighted by Crippen LogP contribution is -2.15. The highest BCUT2D eigenvalue weighted by Gasteiger charge is 2.22. The van der Waals surface area contributed by atoms with E-state index in [9.17, 15) is 4.79 Å². The standard InChI is InChI=1S/C26H27N5O4/c1-33-22-13-19-20(14-23(22)34-2)24(27-15-21(19)26-28-30-31-29-26)25(32)16-8-7-11-18(12-16)35-17-9-5-3-4-6-10-17/h7-8,11-15,17H,3-6,9-10H2,1-2H3,(H,28,29,30,31). The highest BCUT2D eigenvalue weighted by molar-refractivity contribution is 6.17. The second-order valence-electron chi connectivity index (χ2n) is 8.60. The predicted octanol–water partition coefficient (Wildman–Crippen LogP) is 4.76. The first-order valence-electron chi connectivity index (χ1n) is 11.8. The van der Waals surface area contributed by atoms with Crippen LogP contribution in [0.15, 0.2) is 42.6 Å². The molecule has 0 saturated heterocycles. The largest absolute Gasteiger partial charge is 0.493 e. The second kappa shape index (κ2) is 10.1. The van der Waals surface area contributed by atoms with Gasteiger partial charge in [-0.1, -0.05) is 25.0 Å². The number of hydrogen-bond donors (Lipinski definition) is 1. The Labute approximate surface area is 202 Å². The summed E-state index contributed by atoms with van der Waals surface area (Å²) >= 11 is 0. The van der Waals surface area contributed by atoms with E-state index in [-0.39, 0.29) is 11.9 Å². The van der Waals surface area contributed by atoms with Gasteiger partial charge in [-0.25, -0.2) is 0 Å². The molecular formula is C26H27N5O4. The van der Waals surface area contributed by atoms with Gasteiger partial charge in [0.1, 0.15) is 11.4 Å². The molecule has 0 unspecified atom stereocenters. The lowest BCUT2D eigenvalue weighted by molar-refractivity contribution is 0.103. The van der Waals surface area contributed by atoms with E-state index in [0.717, 1.165) is 12.8 Å². The number of ketones is 1. The number of H-pyrrole nitrogens is 1. The number of carbonyl (C=O) groups is 1. The molecule has 4 aromatic rings. The molecule has 1 aliphatic carbocycles. The normalized spacial score (nSPS) is 14.5. The minimum Gasteiger partial charge on any atom is -0.493 e. The summed E-state index contributed by atoms with van der Waals surface area (Å²) in [5.74, 6) is 1.87. The maximum absolute atomic E-state index is 13.7. The lowest BCUT2D eigenvalue weighted by atomic mass is 9.98. The summed E-state index contributed by atoms with van der Waals surface area (Å²) in [4.78, 5) is 18.2. The summed E-state index contributed by atoms with van der Waals surface area (Å²) < 4.78 is 17.2. The minimum absolute atomic E-state index is 0.188. The molecule has 1 N–H and O–H groups in total. The quantitative estimate of drug-likeness (QED) is 0.302. The van der Waals surface area contributed by atoms with Crippen molar-refractivity contribution in [3.05, 3.63) is 53.9 Å². The summed E-state index contributed by atoms with van der Waals surface area (Å²) in [7, 11) is 3.11. The van der Waals surface area contributed by atoms with E-state index in [1.54, 1.807) is 44.7 Å². The van der Waals surface area contributed by atoms with Gasteiger partial charge in [0.2, 0.25) is 11.6 Å². The number of aromatic nitrogens is 5. The number of ether oxygens (including phenoxy) is 3. The summed E-state index contributed by atoms with van der Waals surface area (Å²) in [6, 6.07) is 10.9. The third-order valence-corrected chi connectivity index (χ3v) is 6.39. The van der Waals surface area contributed by atoms with Gasteiger partial charge in [0.25, 0.3) is 0 Å². The monoisotopic (exact) mass is 473 g/mol. The Morgan fingerprint density at radius 2 is 1.71 bits per heavy atom. The Bertz CT molecular complexity index is 1330. The molecule has 1 aliphatic rings. The molecule has 2 aromatic heterocycles. The van der Waals surface area contributed by atoms with Gasteiger partial charge in [0, 0.05) is 28.1 Å². The van der Waals surface area contributed by atoms with E-state index < -0.39 is 0 Å². The van der Waals surface area contributed by atoms with Gasteiger partial charge in [-0.15, -0.1) is 10.2 Å². The predicted molar refractivity (Wildman–Crippen MR) is 130 cm³/mol. The van der Waals surface area contributed by atoms with Crippen molar-refractivity contribution in [2.24, 2.45) is 0 Å². The number of benzene rings is 2. The molecule has 2 heterocycles. The fourth-order valence-corrected chi connectivity index (χ4v) is 4.60. The summed E-state index contributed by atoms with van der Waals surface area (Å²) in [6.07, 6.45) is 8.73. The van der Waals surface area contributed by atoms with E-state index in [4.69, 9.17) is 14.2 Å². The van der Waals surface area contributed by atoms with Crippen LogP contribution in [0.4, 0.5) is 0 Å². The molecule has 0 spiro atoms. The van der Waals surface area contributed by atoms with E-state index in [1.807, 2.05) is 12.1 Å². The third kappa shape index (κ3) is 4.66. The van der Waals surface area contributed by atoms with E-state index in [0.29, 0.717) is 50.7 Å². The van der Waals surface area contributed by atoms with Crippen LogP contribution in [0.2, 0.25) is 0 Å². The van der Waals surface area contributed by atoms with Crippen LogP contribution in [0.5, 0.6) is 17.2 Å². The van der Waals surface area contributed by atoms with Crippen LogP contribution < -0.4 is 14.2 Å². The summed E-state index contributed by atoms with van der Waals surface area (Å²) in [6.45, 7) is 0. The van der Waals surface area contributed by atoms with Gasteiger partial charge in [-0.05, 0) is 55.2 Å². The number of tetrazole rings is 1. The van der Waals surface area contributed by atoms with Crippen LogP contribution in [0.25, 0.3) is 22.2 Å². The average Bonchev–Trinajstić information content (AvgIpc) is 3.31. The zero-order valence-corrected chi connectivity index (χ0v) is 19.8. The molecule has 0 radical (unpaired) electrons. The molecule has 0 atom stereocenters. The zero-order chi connectivity index (χ0) is 24.2. The fourth-order valence-electron chi connectivity index (χ4n) is 4.60. The van der Waals surface area contributed by atoms with Gasteiger partial charge < -0.3 is 14.2 Å². The molecule has 180 valence electrons. The number of hydrogen-bond acceptors (Lipinski definition) is 8. The number of methoxy groups -OCH3 is 2. The van der Waals surface area contributed by atoms with Gasteiger partial charge in [0.15, 0.2) is 11.5 Å². The Morgan fingerprint density at radius 3 is 2.40 bits per heavy atom. The van der Waals surface area contributed by atoms with Crippen molar-refractivity contribution in [1.82, 2.24) is 25.6 Å². The molecule has 1 fully saturated rings. The minimum atomic E-state index is -0.215. The zero-order valence-electron chi connectivity index (χ0n) is 19.8. The average molecular weight is 474 g/mol. The molecule has 0 amide bonds. The molecule has 5 rings (SSSR count). The number of pyridine rings is 1. The number of nitrogens with one attached hydrogen (secondary N) is 1. The van der Waals surface area contributed by atoms with Crippen molar-refractivity contribution in [3.8, 4) is 28.6 Å². The number of rotatable bonds is 7. The van der Waals surface area contributed by atoms with Crippen LogP contribution in [0.1, 0.15) is 54.6 Å². The van der Waals surface area contributed by atoms with Gasteiger partial charge >= 0.3 is 0 Å². The molecule has 1 saturated carbocycles. The van der Waals surface area contributed by atoms with Gasteiger partial charge in [0.05, 0.1) is 20.3 Å². The van der Waals surface area contributed by atoms with Crippen LogP contribution in [0.3, 0.4) is 0 Å². The molecule has 35 heavy (non-hydrogen) atoms. The number of nitrogens with zero attached hydrogens (tertiary/aromatic N) is 4. The molecule has 9 nitrogen and oxygen atoms in total. The Hall–Kier alpha value is -4.01. The first kappa shape index (κ1) is 22.8. The number of carbonyl (C=O) groups excluding carboxylic acids is 1. The SMILES string of the molecule is COc1cc2c(-c3nn[nH]n3)cnc(C(=O)c3cccc(OC4CCCCCC4)c3)c2cc1OC. The van der Waals surface area contributed by atoms with Crippen LogP contribution in [-0.4, -0.2) is 51.7 Å². The molecular weight excluding hydrogens is 446 g/mol. The first-order valence-corrected chi connectivity index (χ1v) is 11.8. The topological polar surface area (TPSA) is 112 Å². The summed E-state index contributed by atoms with van der Waals surface area (Å²) in [5, 5.41) is 15.6. The van der Waals surface area contributed by atoms with Gasteiger partial charge in [-0.2, -0.15) is 5.21 Å². The van der Waals surface area contributed by atoms with Crippen molar-refractivity contribution in [3.63, 3.8) is 0 Å². The van der Waals surface area contributed by atoms with Crippen LogP contribution >= 0.6 is 0 Å². The molecule has 0 aliphatic heterocycles. The van der Waals surface area contributed by atoms with Crippen LogP contribution in [-0.2, 0) is 0 Å². The lowest BCUT2D eigenvalue weighted by Gasteiger charge is -2.17. The first-order chi connectivity index (χ1) is 17.2. The Kier molecular flexibility index (Phi) is 6.56. The molecule has 9 heteroatoms. The number of aromatic amines is 1. The number of fused-ring (bicyclic) bond motifs is 1. The maximum atomic E-state index is 13.7. The van der Waals surface area contributed by atoms with Crippen molar-refractivity contribution >= 4 is 16.6 Å². The highest BCUT2D eigenvalue weighted by atomic mass is 16.5. The smallest absolute Gasteiger partial charge is 0.212 e.